The SMILES string of the molecule is CC(C)(C)NC(CC1CCC2(CC1)C(C)(C)C2(C)C)C(=O)C(C)(C)C.CC(C)(C)NC(CC1CCC2(CC1)C(C)(F)C2(F)F)C(=O)C(C)(C)C.CC(C)(C)NC(CC1CCC2(CCC2)CC1)C(=O)C(C)(C)C.CC1CC(CC(NC(C)(C)C)C(=O)C(C)(C)C)CC(C)C1(C)C.CC1CC(CC(NC(C)(C)C)C(=O)C(C)(C)C)CC(C)C12CC2.CC1CC(CC(NC(C)(C)C)C(=O)C(C)(C)C)CC(C)C12CCC2. The van der Waals surface area contributed by atoms with Crippen LogP contribution in [0.4, 0.5) is 13.2 Å². The van der Waals surface area contributed by atoms with Gasteiger partial charge in [0.25, 0.3) is 5.92 Å². The van der Waals surface area contributed by atoms with Crippen LogP contribution in [0.1, 0.15) is 545 Å². The second-order valence-corrected chi connectivity index (χ2v) is 65.0. The van der Waals surface area contributed by atoms with E-state index in [1.165, 1.54) is 141 Å². The fourth-order valence-corrected chi connectivity index (χ4v) is 29.1. The minimum absolute atomic E-state index is 0.00453. The van der Waals surface area contributed by atoms with Crippen LogP contribution in [-0.4, -0.2) is 116 Å². The Hall–Kier alpha value is -2.43. The summed E-state index contributed by atoms with van der Waals surface area (Å²) in [5.74, 6) is 7.18. The van der Waals surface area contributed by atoms with Crippen molar-refractivity contribution in [2.75, 3.05) is 0 Å². The molecule has 6 N–H and O–H groups in total. The maximum Gasteiger partial charge on any atom is 0.290 e. The van der Waals surface area contributed by atoms with Gasteiger partial charge >= 0.3 is 0 Å². The van der Waals surface area contributed by atoms with Gasteiger partial charge in [-0.3, -0.25) is 28.8 Å². The predicted molar refractivity (Wildman–Crippen MR) is 598 cm³/mol. The summed E-state index contributed by atoms with van der Waals surface area (Å²) >= 11 is 0. The zero-order chi connectivity index (χ0) is 110. The minimum atomic E-state index is -3.20. The molecule has 13 unspecified atom stereocenters. The van der Waals surface area contributed by atoms with Gasteiger partial charge in [-0.05, 0) is 433 Å². The average Bonchev–Trinajstić information content (AvgIpc) is 1.49. The monoisotopic (exact) mass is 2000 g/mol. The molecule has 11 fully saturated rings. The van der Waals surface area contributed by atoms with Crippen LogP contribution in [0.25, 0.3) is 0 Å². The molecule has 0 amide bonds. The highest BCUT2D eigenvalue weighted by atomic mass is 19.3. The van der Waals surface area contributed by atoms with Gasteiger partial charge in [-0.15, -0.1) is 0 Å². The average molecular weight is 2000 g/mol. The first-order valence-corrected chi connectivity index (χ1v) is 58.4. The Labute approximate surface area is 875 Å². The summed E-state index contributed by atoms with van der Waals surface area (Å²) < 4.78 is 42.0. The van der Waals surface area contributed by atoms with Crippen molar-refractivity contribution >= 4 is 34.7 Å². The van der Waals surface area contributed by atoms with Gasteiger partial charge in [-0.2, -0.15) is 0 Å². The van der Waals surface area contributed by atoms with Crippen molar-refractivity contribution in [2.45, 2.75) is 626 Å². The molecule has 830 valence electrons. The summed E-state index contributed by atoms with van der Waals surface area (Å²) in [4.78, 5) is 77.6. The molecular formula is C127H235F3N6O6. The summed E-state index contributed by atoms with van der Waals surface area (Å²) in [5, 5.41) is 21.5. The van der Waals surface area contributed by atoms with Crippen molar-refractivity contribution in [1.82, 2.24) is 31.9 Å². The smallest absolute Gasteiger partial charge is 0.290 e. The van der Waals surface area contributed by atoms with Gasteiger partial charge in [0.2, 0.25) is 0 Å². The molecule has 11 rings (SSSR count). The van der Waals surface area contributed by atoms with Crippen molar-refractivity contribution in [3.8, 4) is 0 Å². The number of ketones is 6. The number of hydrogen-bond donors (Lipinski definition) is 6. The fraction of sp³-hybridized carbons (Fsp3) is 0.953. The van der Waals surface area contributed by atoms with Crippen LogP contribution < -0.4 is 31.9 Å². The standard InChI is InChI=1S/C23H43NO.C22H41NO.C21H39NO.C21H41NO.C20H34F3NO.C20H37NO/c1-19(2,3)18(25)17(24-20(4,5)6)15-16-11-13-23(14-12-16)21(7,8)22(23,9)10;1-15-12-17(13-16(2)22(15)10-9-11-22)14-18(23-21(6,7)8)19(24)20(3,4)5;1-14-11-16(12-15(2)21(14)9-10-21)13-17(22-20(6,7)8)18(23)19(3,4)5;1-14-11-16(12-15(2)21(14,9)10)13-17(22-20(6,7)8)18(23)19(3,4)5;1-16(2,3)15(25)14(24-17(4,5)6)12-13-8-10-19(11-9-13)18(7,21)20(19,22)23;1-18(2,3)17(22)16(21-19(4,5)6)14-15-8-12-20(13-9-15)10-7-11-20/h16-17,24H,11-15H2,1-10H3;15-18,23H,9-14H2,1-8H3;14-17,22H,9-13H2,1-8H3;14-17,22H,11-13H2,1-10H3;13-14,24H,8-12H2,1-7H3;15-16,21H,7-14H2,1-6H3. The number of rotatable bonds is 24. The van der Waals surface area contributed by atoms with Crippen LogP contribution in [0, 0.1) is 147 Å². The number of halogens is 3. The lowest BCUT2D eigenvalue weighted by Gasteiger charge is -2.56. The van der Waals surface area contributed by atoms with E-state index in [4.69, 9.17) is 0 Å². The van der Waals surface area contributed by atoms with Crippen molar-refractivity contribution < 1.29 is 41.9 Å². The molecule has 0 aromatic heterocycles. The number of carbonyl (C=O) groups is 6. The first-order valence-electron chi connectivity index (χ1n) is 58.4. The Balaban J connectivity index is 0.000000261. The van der Waals surface area contributed by atoms with Gasteiger partial charge in [0, 0.05) is 65.7 Å². The fourth-order valence-electron chi connectivity index (χ4n) is 29.1. The quantitative estimate of drug-likeness (QED) is 0.0541. The maximum atomic E-state index is 14.2. The van der Waals surface area contributed by atoms with Crippen LogP contribution in [-0.2, 0) is 28.8 Å². The van der Waals surface area contributed by atoms with Gasteiger partial charge < -0.3 is 31.9 Å². The summed E-state index contributed by atoms with van der Waals surface area (Å²) in [6.07, 6.45) is 37.2. The zero-order valence-corrected chi connectivity index (χ0v) is 103. The summed E-state index contributed by atoms with van der Waals surface area (Å²) in [5.41, 5.74) is -2.05. The predicted octanol–water partition coefficient (Wildman–Crippen LogP) is 32.7. The van der Waals surface area contributed by atoms with Crippen molar-refractivity contribution in [3.63, 3.8) is 0 Å². The van der Waals surface area contributed by atoms with E-state index >= 15 is 0 Å². The van der Waals surface area contributed by atoms with Gasteiger partial charge in [-0.25, -0.2) is 13.2 Å². The highest BCUT2D eigenvalue weighted by Gasteiger charge is 2.90. The molecule has 0 aromatic carbocycles. The molecule has 142 heavy (non-hydrogen) atoms. The molecule has 0 radical (unpaired) electrons. The highest BCUT2D eigenvalue weighted by Crippen LogP contribution is 2.83. The number of carbonyl (C=O) groups excluding carboxylic acids is 6. The Morgan fingerprint density at radius 2 is 0.423 bits per heavy atom. The lowest BCUT2D eigenvalue weighted by molar-refractivity contribution is -0.130. The van der Waals surface area contributed by atoms with Gasteiger partial charge in [0.05, 0.1) is 41.7 Å². The van der Waals surface area contributed by atoms with Crippen LogP contribution >= 0.6 is 0 Å². The van der Waals surface area contributed by atoms with Crippen LogP contribution in [0.3, 0.4) is 0 Å². The molecule has 5 spiro atoms. The van der Waals surface area contributed by atoms with E-state index < -0.39 is 22.4 Å². The van der Waals surface area contributed by atoms with E-state index in [1.807, 2.05) is 62.3 Å². The Bertz CT molecular complexity index is 3820. The molecule has 11 aliphatic carbocycles. The maximum absolute atomic E-state index is 14.2. The largest absolute Gasteiger partial charge is 0.303 e. The van der Waals surface area contributed by atoms with Crippen molar-refractivity contribution in [1.29, 1.82) is 0 Å². The van der Waals surface area contributed by atoms with Gasteiger partial charge in [0.1, 0.15) is 0 Å². The molecule has 0 aliphatic heterocycles. The van der Waals surface area contributed by atoms with E-state index in [0.29, 0.717) is 104 Å². The Morgan fingerprint density at radius 1 is 0.246 bits per heavy atom. The molecular weight excluding hydrogens is 1760 g/mol. The summed E-state index contributed by atoms with van der Waals surface area (Å²) in [6, 6.07) is -0.339. The topological polar surface area (TPSA) is 175 Å². The van der Waals surface area contributed by atoms with E-state index in [0.717, 1.165) is 85.9 Å². The van der Waals surface area contributed by atoms with E-state index in [9.17, 15) is 41.9 Å². The second kappa shape index (κ2) is 45.7. The third-order valence-electron chi connectivity index (χ3n) is 39.5. The number of hydrogen-bond acceptors (Lipinski definition) is 12. The van der Waals surface area contributed by atoms with Crippen LogP contribution in [0.2, 0.25) is 0 Å². The van der Waals surface area contributed by atoms with Crippen LogP contribution in [0.15, 0.2) is 0 Å². The number of alkyl halides is 3. The summed E-state index contributed by atoms with van der Waals surface area (Å²) in [7, 11) is 0. The van der Waals surface area contributed by atoms with E-state index in [-0.39, 0.29) is 121 Å². The number of Topliss-reactive ketones (excluding diaryl/α,β-unsaturated/α-hetero) is 6. The van der Waals surface area contributed by atoms with Crippen molar-refractivity contribution in [3.05, 3.63) is 0 Å². The van der Waals surface area contributed by atoms with Gasteiger partial charge in [0.15, 0.2) is 40.4 Å². The van der Waals surface area contributed by atoms with E-state index in [2.05, 4.69) is 302 Å². The Kier molecular flexibility index (Phi) is 41.3. The first-order chi connectivity index (χ1) is 63.5. The number of nitrogens with one attached hydrogen (secondary N) is 6. The molecule has 0 heterocycles. The molecule has 13 atom stereocenters. The lowest BCUT2D eigenvalue weighted by atomic mass is 9.49. The molecule has 0 saturated heterocycles. The summed E-state index contributed by atoms with van der Waals surface area (Å²) in [6.45, 7) is 105. The molecule has 11 aliphatic rings. The molecule has 0 bridgehead atoms. The lowest BCUT2D eigenvalue weighted by Crippen LogP contribution is -2.53. The Morgan fingerprint density at radius 3 is 0.577 bits per heavy atom. The van der Waals surface area contributed by atoms with E-state index in [1.54, 1.807) is 0 Å². The molecule has 12 nitrogen and oxygen atoms in total. The third-order valence-corrected chi connectivity index (χ3v) is 39.5. The normalized spacial score (nSPS) is 30.2. The van der Waals surface area contributed by atoms with Crippen molar-refractivity contribution in [2.24, 2.45) is 147 Å². The van der Waals surface area contributed by atoms with Crippen LogP contribution in [0.5, 0.6) is 0 Å². The third kappa shape index (κ3) is 33.1. The highest BCUT2D eigenvalue weighted by molar-refractivity contribution is 5.91. The molecule has 11 saturated carbocycles. The minimum Gasteiger partial charge on any atom is -0.303 e. The zero-order valence-electron chi connectivity index (χ0n) is 103. The molecule has 0 aromatic rings. The van der Waals surface area contributed by atoms with Gasteiger partial charge in [-0.1, -0.05) is 221 Å². The second-order valence-electron chi connectivity index (χ2n) is 65.0. The molecule has 15 heteroatoms. The first kappa shape index (κ1) is 128.